The predicted molar refractivity (Wildman–Crippen MR) is 135 cm³/mol. The number of pyridine rings is 2. The van der Waals surface area contributed by atoms with Crippen molar-refractivity contribution >= 4 is 39.4 Å². The van der Waals surface area contributed by atoms with Gasteiger partial charge >= 0.3 is 5.97 Å². The minimum Gasteiger partial charge on any atom is -0.477 e. The molecule has 3 aromatic heterocycles. The second-order valence-corrected chi connectivity index (χ2v) is 8.95. The fraction of sp³-hybridized carbons (Fsp3) is 0.148. The molecule has 170 valence electrons. The predicted octanol–water partition coefficient (Wildman–Crippen LogP) is 6.07. The molecular weight excluding hydrogens is 450 g/mol. The summed E-state index contributed by atoms with van der Waals surface area (Å²) in [6, 6.07) is 18.8. The summed E-state index contributed by atoms with van der Waals surface area (Å²) in [5, 5.41) is 12.3. The number of H-pyrrole nitrogens is 1. The zero-order chi connectivity index (χ0) is 24.0. The van der Waals surface area contributed by atoms with Gasteiger partial charge in [0, 0.05) is 39.2 Å². The van der Waals surface area contributed by atoms with Gasteiger partial charge in [-0.05, 0) is 47.9 Å². The van der Waals surface area contributed by atoms with Crippen molar-refractivity contribution in [3.05, 3.63) is 99.2 Å². The fourth-order valence-corrected chi connectivity index (χ4v) is 4.63. The van der Waals surface area contributed by atoms with Crippen LogP contribution < -0.4 is 5.56 Å². The highest BCUT2D eigenvalue weighted by Crippen LogP contribution is 2.36. The van der Waals surface area contributed by atoms with Gasteiger partial charge in [-0.15, -0.1) is 0 Å². The Hall–Kier alpha value is -3.90. The van der Waals surface area contributed by atoms with E-state index in [1.807, 2.05) is 48.5 Å². The van der Waals surface area contributed by atoms with Crippen LogP contribution in [0.4, 0.5) is 0 Å². The summed E-state index contributed by atoms with van der Waals surface area (Å²) in [5.41, 5.74) is 3.64. The van der Waals surface area contributed by atoms with Gasteiger partial charge < -0.3 is 14.7 Å². The van der Waals surface area contributed by atoms with Crippen LogP contribution in [0, 0.1) is 0 Å². The summed E-state index contributed by atoms with van der Waals surface area (Å²) >= 11 is 6.53. The van der Waals surface area contributed by atoms with Gasteiger partial charge in [0.15, 0.2) is 0 Å². The van der Waals surface area contributed by atoms with E-state index in [2.05, 4.69) is 23.8 Å². The molecule has 0 fully saturated rings. The van der Waals surface area contributed by atoms with Crippen LogP contribution in [0.5, 0.6) is 0 Å². The lowest BCUT2D eigenvalue weighted by atomic mass is 9.97. The summed E-state index contributed by atoms with van der Waals surface area (Å²) in [5.74, 6) is -0.882. The third-order valence-electron chi connectivity index (χ3n) is 6.12. The zero-order valence-electron chi connectivity index (χ0n) is 18.7. The standard InChI is InChI=1S/C27H22ClN3O3/c1-15(2)16-9-10-22-20(13-16)23(19-7-5-11-29-26(19)32)24(27(33)34)31(22)14-18-12-17-6-3-4-8-21(17)30-25(18)28/h3-13,15H,14H2,1-2H3,(H,29,32)(H,33,34). The third kappa shape index (κ3) is 3.66. The van der Waals surface area contributed by atoms with Crippen LogP contribution in [-0.4, -0.2) is 25.6 Å². The molecule has 0 aliphatic carbocycles. The molecule has 0 spiro atoms. The van der Waals surface area contributed by atoms with Crippen molar-refractivity contribution in [2.45, 2.75) is 26.3 Å². The van der Waals surface area contributed by atoms with Crippen LogP contribution in [0.2, 0.25) is 5.15 Å². The van der Waals surface area contributed by atoms with Crippen molar-refractivity contribution in [1.29, 1.82) is 0 Å². The van der Waals surface area contributed by atoms with E-state index in [9.17, 15) is 14.7 Å². The molecule has 5 rings (SSSR count). The number of carbonyl (C=O) groups is 1. The molecule has 6 nitrogen and oxygen atoms in total. The third-order valence-corrected chi connectivity index (χ3v) is 6.45. The number of carboxylic acid groups (broad SMARTS) is 1. The van der Waals surface area contributed by atoms with Gasteiger partial charge in [0.25, 0.3) is 5.56 Å². The minimum atomic E-state index is -1.12. The molecule has 5 aromatic rings. The van der Waals surface area contributed by atoms with E-state index < -0.39 is 5.97 Å². The molecule has 0 bridgehead atoms. The van der Waals surface area contributed by atoms with Crippen LogP contribution in [0.25, 0.3) is 32.9 Å². The van der Waals surface area contributed by atoms with E-state index in [4.69, 9.17) is 11.6 Å². The number of halogens is 1. The molecular formula is C27H22ClN3O3. The largest absolute Gasteiger partial charge is 0.477 e. The van der Waals surface area contributed by atoms with Crippen LogP contribution in [0.3, 0.4) is 0 Å². The molecule has 34 heavy (non-hydrogen) atoms. The molecule has 0 unspecified atom stereocenters. The number of carboxylic acids is 1. The number of nitrogens with one attached hydrogen (secondary N) is 1. The molecule has 0 aliphatic heterocycles. The fourth-order valence-electron chi connectivity index (χ4n) is 4.43. The van der Waals surface area contributed by atoms with Crippen LogP contribution in [-0.2, 0) is 6.54 Å². The molecule has 0 atom stereocenters. The number of rotatable bonds is 5. The first-order chi connectivity index (χ1) is 16.3. The average molecular weight is 472 g/mol. The SMILES string of the molecule is CC(C)c1ccc2c(c1)c(-c1ccc[nH]c1=O)c(C(=O)O)n2Cc1cc2ccccc2nc1Cl. The van der Waals surface area contributed by atoms with Crippen molar-refractivity contribution in [2.24, 2.45) is 0 Å². The summed E-state index contributed by atoms with van der Waals surface area (Å²) in [4.78, 5) is 32.5. The lowest BCUT2D eigenvalue weighted by Gasteiger charge is -2.12. The first-order valence-corrected chi connectivity index (χ1v) is 11.3. The van der Waals surface area contributed by atoms with Crippen molar-refractivity contribution < 1.29 is 9.90 Å². The Bertz CT molecular complexity index is 1630. The topological polar surface area (TPSA) is 88.0 Å². The van der Waals surface area contributed by atoms with Crippen molar-refractivity contribution in [3.8, 4) is 11.1 Å². The molecule has 7 heteroatoms. The van der Waals surface area contributed by atoms with Gasteiger partial charge in [-0.1, -0.05) is 49.7 Å². The molecule has 0 radical (unpaired) electrons. The molecule has 0 saturated heterocycles. The number of aromatic amines is 1. The Kier molecular flexibility index (Phi) is 5.46. The number of nitrogens with zero attached hydrogens (tertiary/aromatic N) is 2. The summed E-state index contributed by atoms with van der Waals surface area (Å²) in [6.45, 7) is 4.35. The lowest BCUT2D eigenvalue weighted by molar-refractivity contribution is 0.0687. The Morgan fingerprint density at radius 2 is 1.91 bits per heavy atom. The van der Waals surface area contributed by atoms with Gasteiger partial charge in [0.05, 0.1) is 12.1 Å². The number of para-hydroxylation sites is 1. The highest BCUT2D eigenvalue weighted by molar-refractivity contribution is 6.30. The number of hydrogen-bond donors (Lipinski definition) is 2. The maximum absolute atomic E-state index is 12.7. The first kappa shape index (κ1) is 21.9. The number of aromatic carboxylic acids is 1. The van der Waals surface area contributed by atoms with Gasteiger partial charge in [-0.2, -0.15) is 0 Å². The van der Waals surface area contributed by atoms with Crippen LogP contribution in [0.15, 0.2) is 71.7 Å². The number of benzene rings is 2. The minimum absolute atomic E-state index is 0.0387. The Labute approximate surface area is 200 Å². The molecule has 2 N–H and O–H groups in total. The Morgan fingerprint density at radius 1 is 1.12 bits per heavy atom. The number of fused-ring (bicyclic) bond motifs is 2. The molecule has 0 aliphatic rings. The van der Waals surface area contributed by atoms with E-state index >= 15 is 0 Å². The highest BCUT2D eigenvalue weighted by Gasteiger charge is 2.26. The van der Waals surface area contributed by atoms with E-state index in [1.165, 1.54) is 6.20 Å². The van der Waals surface area contributed by atoms with E-state index in [1.54, 1.807) is 16.7 Å². The monoisotopic (exact) mass is 471 g/mol. The maximum Gasteiger partial charge on any atom is 0.353 e. The summed E-state index contributed by atoms with van der Waals surface area (Å²) in [7, 11) is 0. The summed E-state index contributed by atoms with van der Waals surface area (Å²) < 4.78 is 1.71. The lowest BCUT2D eigenvalue weighted by Crippen LogP contribution is -2.14. The second-order valence-electron chi connectivity index (χ2n) is 8.59. The first-order valence-electron chi connectivity index (χ1n) is 11.0. The average Bonchev–Trinajstić information content (AvgIpc) is 3.13. The van der Waals surface area contributed by atoms with Crippen molar-refractivity contribution in [1.82, 2.24) is 14.5 Å². The molecule has 0 saturated carbocycles. The van der Waals surface area contributed by atoms with Gasteiger partial charge in [-0.25, -0.2) is 9.78 Å². The van der Waals surface area contributed by atoms with E-state index in [0.29, 0.717) is 32.7 Å². The van der Waals surface area contributed by atoms with Crippen molar-refractivity contribution in [2.75, 3.05) is 0 Å². The maximum atomic E-state index is 12.7. The molecule has 2 aromatic carbocycles. The molecule has 3 heterocycles. The quantitative estimate of drug-likeness (QED) is 0.304. The van der Waals surface area contributed by atoms with E-state index in [-0.39, 0.29) is 23.7 Å². The number of hydrogen-bond acceptors (Lipinski definition) is 3. The summed E-state index contributed by atoms with van der Waals surface area (Å²) in [6.07, 6.45) is 1.53. The van der Waals surface area contributed by atoms with Gasteiger partial charge in [0.1, 0.15) is 10.8 Å². The van der Waals surface area contributed by atoms with Gasteiger partial charge in [-0.3, -0.25) is 4.79 Å². The van der Waals surface area contributed by atoms with Crippen LogP contribution >= 0.6 is 11.6 Å². The normalized spacial score (nSPS) is 11.5. The van der Waals surface area contributed by atoms with Gasteiger partial charge in [0.2, 0.25) is 0 Å². The molecule has 0 amide bonds. The smallest absolute Gasteiger partial charge is 0.353 e. The highest BCUT2D eigenvalue weighted by atomic mass is 35.5. The second kappa shape index (κ2) is 8.47. The zero-order valence-corrected chi connectivity index (χ0v) is 19.4. The number of aromatic nitrogens is 3. The van der Waals surface area contributed by atoms with Crippen molar-refractivity contribution in [3.63, 3.8) is 0 Å². The van der Waals surface area contributed by atoms with Crippen LogP contribution in [0.1, 0.15) is 41.4 Å². The Morgan fingerprint density at radius 3 is 2.65 bits per heavy atom. The Balaban J connectivity index is 1.83. The van der Waals surface area contributed by atoms with E-state index in [0.717, 1.165) is 16.5 Å².